The predicted molar refractivity (Wildman–Crippen MR) is 275 cm³/mol. The number of ketones is 1. The van der Waals surface area contributed by atoms with Crippen LogP contribution in [0.5, 0.6) is 0 Å². The Morgan fingerprint density at radius 3 is 1.53 bits per heavy atom. The molecule has 0 amide bonds. The summed E-state index contributed by atoms with van der Waals surface area (Å²) in [5, 5.41) is 31.8. The van der Waals surface area contributed by atoms with E-state index in [2.05, 4.69) is 136 Å². The van der Waals surface area contributed by atoms with Gasteiger partial charge in [-0.25, -0.2) is 14.4 Å². The molecule has 2 aromatic heterocycles. The Hall–Kier alpha value is -1.08. The number of aliphatic hydroxyl groups excluding tert-OH is 1. The smallest absolute Gasteiger partial charge is 1.00 e. The molecule has 0 aliphatic carbocycles. The molecular weight excluding hydrogens is 1300 g/mol. The number of rotatable bonds is 9. The summed E-state index contributed by atoms with van der Waals surface area (Å²) in [4.78, 5) is 31.4. The van der Waals surface area contributed by atoms with E-state index in [1.54, 1.807) is 0 Å². The third-order valence-electron chi connectivity index (χ3n) is 7.79. The van der Waals surface area contributed by atoms with Crippen LogP contribution in [0, 0.1) is 0 Å². The van der Waals surface area contributed by atoms with Gasteiger partial charge in [0.15, 0.2) is 21.2 Å². The summed E-state index contributed by atoms with van der Waals surface area (Å²) in [6.07, 6.45) is 0. The number of hydrogen-bond donors (Lipinski definition) is 5. The Morgan fingerprint density at radius 1 is 0.758 bits per heavy atom. The molecule has 0 spiro atoms. The van der Waals surface area contributed by atoms with Crippen LogP contribution in [-0.4, -0.2) is 70.1 Å². The average molecular weight is 1350 g/mol. The summed E-state index contributed by atoms with van der Waals surface area (Å²) in [5.41, 5.74) is 19.7. The number of thiocarbonyl (C=S) groups is 1. The number of fused-ring (bicyclic) bond motifs is 3. The fourth-order valence-electron chi connectivity index (χ4n) is 5.20. The van der Waals surface area contributed by atoms with Gasteiger partial charge in [-0.3, -0.25) is 14.0 Å². The Kier molecular flexibility index (Phi) is 41.3. The number of anilines is 2. The van der Waals surface area contributed by atoms with E-state index in [9.17, 15) is 13.6 Å². The van der Waals surface area contributed by atoms with E-state index in [0.29, 0.717) is 22.3 Å². The number of nitrogens with one attached hydrogen (secondary N) is 1. The maximum absolute atomic E-state index is 12.1. The Labute approximate surface area is 538 Å². The molecule has 0 radical (unpaired) electrons. The average Bonchev–Trinajstić information content (AvgIpc) is 4.00. The Morgan fingerprint density at radius 2 is 1.15 bits per heavy atom. The summed E-state index contributed by atoms with van der Waals surface area (Å²) >= 11 is 13.1. The van der Waals surface area contributed by atoms with Gasteiger partial charge in [-0.2, -0.15) is 0 Å². The van der Waals surface area contributed by atoms with E-state index in [-0.39, 0.29) is 182 Å². The van der Waals surface area contributed by atoms with Gasteiger partial charge in [0.1, 0.15) is 6.67 Å². The quantitative estimate of drug-likeness (QED) is 0.0341. The van der Waals surface area contributed by atoms with Gasteiger partial charge in [-0.1, -0.05) is 141 Å². The second kappa shape index (κ2) is 40.6. The molecule has 0 aliphatic rings. The van der Waals surface area contributed by atoms with E-state index in [4.69, 9.17) is 20.9 Å². The van der Waals surface area contributed by atoms with Crippen molar-refractivity contribution in [3.8, 4) is 22.5 Å². The topological polar surface area (TPSA) is 203 Å². The van der Waals surface area contributed by atoms with Gasteiger partial charge >= 0.3 is 138 Å². The largest absolute Gasteiger partial charge is 1.00 e. The van der Waals surface area contributed by atoms with Crippen molar-refractivity contribution in [2.45, 2.75) is 0 Å². The Balaban J connectivity index is -0.000000788. The monoisotopic (exact) mass is 1340 g/mol. The van der Waals surface area contributed by atoms with Gasteiger partial charge in [-0.05, 0) is 62.7 Å². The summed E-state index contributed by atoms with van der Waals surface area (Å²) in [7, 11) is 1.00. The molecule has 66 heavy (non-hydrogen) atoms. The molecule has 0 aliphatic heterocycles. The number of aromatic nitrogens is 2. The van der Waals surface area contributed by atoms with Crippen molar-refractivity contribution in [3.05, 3.63) is 144 Å². The zero-order valence-corrected chi connectivity index (χ0v) is 55.2. The number of halogens is 5. The van der Waals surface area contributed by atoms with Crippen molar-refractivity contribution in [1.29, 1.82) is 0 Å². The summed E-state index contributed by atoms with van der Waals surface area (Å²) in [5.74, 6) is 0.121. The molecule has 11 nitrogen and oxygen atoms in total. The van der Waals surface area contributed by atoms with Gasteiger partial charge in [0.05, 0.1) is 23.4 Å². The molecule has 8 N–H and O–H groups in total. The Bertz CT molecular complexity index is 2610. The first kappa shape index (κ1) is 67.0. The van der Waals surface area contributed by atoms with Crippen LogP contribution >= 0.6 is 79.2 Å². The maximum atomic E-state index is 12.1. The van der Waals surface area contributed by atoms with E-state index in [1.165, 1.54) is 49.6 Å². The molecule has 0 atom stereocenters. The molecule has 0 saturated heterocycles. The first-order chi connectivity index (χ1) is 30.6. The van der Waals surface area contributed by atoms with Gasteiger partial charge in [0.2, 0.25) is 0 Å². The van der Waals surface area contributed by atoms with Crippen LogP contribution in [0.25, 0.3) is 54.8 Å². The number of carbonyl (C=O) groups excluding carboxylic acids is 2. The number of nitrogen functional groups attached to an aromatic ring is 1. The fourth-order valence-corrected chi connectivity index (χ4v) is 6.84. The SMILES string of the molecule is CO.Cl.FCCBr.FCCNc1nc(-c2ccc3ccccc3c2)cs1.NC(N)=S.Nc1nc(-c2ccc3ccccc3c2)cs1.O=C(CBr)c1ccc2ccccc2c1.O=CO[O-].[Cs+].[Cs+].[H-]. The van der Waals surface area contributed by atoms with E-state index in [1.807, 2.05) is 77.5 Å². The van der Waals surface area contributed by atoms with Gasteiger partial charge < -0.3 is 39.2 Å². The van der Waals surface area contributed by atoms with Crippen LogP contribution in [-0.2, 0) is 9.68 Å². The minimum atomic E-state index is -0.384. The molecule has 0 saturated carbocycles. The number of benzene rings is 6. The van der Waals surface area contributed by atoms with Crippen molar-refractivity contribution >= 4 is 139 Å². The number of aliphatic hydroxyl groups is 1. The number of thiazole rings is 2. The number of nitrogens with two attached hydrogens (primary N) is 3. The third-order valence-corrected chi connectivity index (χ3v) is 10.1. The molecule has 2 heterocycles. The number of Topliss-reactive ketones (excluding diaryl/α,β-unsaturated/α-hetero) is 1. The van der Waals surface area contributed by atoms with Gasteiger partial charge in [-0.15, -0.1) is 35.1 Å². The standard InChI is InChI=1S/C15H13FN2S.C13H10N2S.C12H9BrO.C2H4BrF.CH4N2S.CH2O3.CH4O.ClH.2Cs.H/c16-7-8-17-15-18-14(10-19-15)13-6-5-11-3-1-2-4-12(11)9-13;14-13-15-12(8-16-13)11-6-5-9-3-1-2-4-10(9)7-11;13-8-12(14)11-6-5-9-3-1-2-4-10(9)7-11;3-1-2-4;2-1(3)4;2-1-4-3;1-2;;;;/h1-6,9-10H,7-8H2,(H,17,18);1-8H,(H2,14,15);1-7H,8H2;1-2H2;(H4,2,3,4);1,3H;2H,1H3;1H;;;/q;;;;;;;;2*+1;-1/p-1. The van der Waals surface area contributed by atoms with Crippen molar-refractivity contribution < 1.29 is 173 Å². The second-order valence-electron chi connectivity index (χ2n) is 11.9. The van der Waals surface area contributed by atoms with Crippen molar-refractivity contribution in [2.24, 2.45) is 11.5 Å². The van der Waals surface area contributed by atoms with Gasteiger partial charge in [0, 0.05) is 46.4 Å². The van der Waals surface area contributed by atoms with E-state index >= 15 is 0 Å². The molecule has 21 heteroatoms. The van der Waals surface area contributed by atoms with Crippen LogP contribution in [0.3, 0.4) is 0 Å². The maximum Gasteiger partial charge on any atom is 1.00 e. The predicted octanol–water partition coefficient (Wildman–Crippen LogP) is 4.43. The number of alkyl halides is 4. The first-order valence-electron chi connectivity index (χ1n) is 18.4. The van der Waals surface area contributed by atoms with Crippen LogP contribution in [0.4, 0.5) is 19.0 Å². The number of carbonyl (C=O) groups is 2. The summed E-state index contributed by atoms with van der Waals surface area (Å²) in [6.45, 7) is -0.518. The van der Waals surface area contributed by atoms with Crippen LogP contribution in [0.1, 0.15) is 11.8 Å². The number of hydrogen-bond acceptors (Lipinski definition) is 12. The van der Waals surface area contributed by atoms with Crippen molar-refractivity contribution in [3.63, 3.8) is 0 Å². The summed E-state index contributed by atoms with van der Waals surface area (Å²) in [6, 6.07) is 43.0. The molecule has 0 fully saturated rings. The van der Waals surface area contributed by atoms with Crippen LogP contribution in [0.2, 0.25) is 0 Å². The zero-order valence-electron chi connectivity index (χ0n) is 37.2. The first-order valence-corrected chi connectivity index (χ1v) is 22.8. The third kappa shape index (κ3) is 25.7. The summed E-state index contributed by atoms with van der Waals surface area (Å²) < 4.78 is 22.8. The second-order valence-corrected chi connectivity index (χ2v) is 15.5. The van der Waals surface area contributed by atoms with Crippen LogP contribution in [0.15, 0.2) is 138 Å². The van der Waals surface area contributed by atoms with E-state index in [0.717, 1.165) is 45.7 Å². The van der Waals surface area contributed by atoms with Crippen molar-refractivity contribution in [1.82, 2.24) is 9.97 Å². The van der Waals surface area contributed by atoms with Gasteiger partial charge in [0.25, 0.3) is 6.47 Å². The molecule has 8 rings (SSSR count). The molecule has 342 valence electrons. The number of nitrogens with zero attached hydrogens (tertiary/aromatic N) is 2. The minimum Gasteiger partial charge on any atom is -1.00 e. The molecule has 0 bridgehead atoms. The molecular formula is C45H47Br2ClCs2F2N6O5S3. The van der Waals surface area contributed by atoms with Crippen LogP contribution < -0.4 is 166 Å². The fraction of sp³-hybridized carbons (Fsp3) is 0.133. The van der Waals surface area contributed by atoms with Crippen molar-refractivity contribution in [2.75, 3.05) is 48.7 Å². The molecule has 0 unspecified atom stereocenters. The normalized spacial score (nSPS) is 9.14. The molecule has 6 aromatic carbocycles. The van der Waals surface area contributed by atoms with E-state index < -0.39 is 0 Å². The molecule has 8 aromatic rings. The minimum absolute atomic E-state index is 0. The zero-order chi connectivity index (χ0) is 46.4.